The molecular formula is C19H18N2O3. The third-order valence-corrected chi connectivity index (χ3v) is 3.87. The number of amides is 1. The molecule has 24 heavy (non-hydrogen) atoms. The molecule has 0 saturated carbocycles. The van der Waals surface area contributed by atoms with Crippen LogP contribution in [-0.2, 0) is 0 Å². The number of hydrogen-bond acceptors (Lipinski definition) is 4. The number of carbonyl (C=O) groups excluding carboxylic acids is 1. The van der Waals surface area contributed by atoms with Crippen LogP contribution in [0, 0.1) is 6.92 Å². The molecule has 122 valence electrons. The van der Waals surface area contributed by atoms with Crippen LogP contribution in [0.15, 0.2) is 65.5 Å². The number of carbonyl (C=O) groups is 1. The van der Waals surface area contributed by atoms with E-state index in [4.69, 9.17) is 4.42 Å². The van der Waals surface area contributed by atoms with E-state index in [1.54, 1.807) is 30.5 Å². The fourth-order valence-corrected chi connectivity index (χ4v) is 2.51. The third-order valence-electron chi connectivity index (χ3n) is 3.87. The van der Waals surface area contributed by atoms with Gasteiger partial charge in [-0.1, -0.05) is 36.4 Å². The largest absolute Gasteiger partial charge is 0.444 e. The zero-order valence-corrected chi connectivity index (χ0v) is 13.3. The van der Waals surface area contributed by atoms with Gasteiger partial charge in [-0.25, -0.2) is 4.98 Å². The van der Waals surface area contributed by atoms with Crippen LogP contribution < -0.4 is 5.32 Å². The number of rotatable bonds is 5. The lowest BCUT2D eigenvalue weighted by atomic mass is 10.0. The molecule has 1 aromatic heterocycles. The zero-order chi connectivity index (χ0) is 16.9. The van der Waals surface area contributed by atoms with Gasteiger partial charge in [0.15, 0.2) is 12.2 Å². The summed E-state index contributed by atoms with van der Waals surface area (Å²) in [5, 5.41) is 13.0. The summed E-state index contributed by atoms with van der Waals surface area (Å²) in [4.78, 5) is 16.1. The van der Waals surface area contributed by atoms with Gasteiger partial charge in [0.25, 0.3) is 5.91 Å². The van der Waals surface area contributed by atoms with Crippen molar-refractivity contribution in [2.75, 3.05) is 6.54 Å². The lowest BCUT2D eigenvalue weighted by Gasteiger charge is -2.14. The standard InChI is InChI=1S/C19H18N2O3/c1-13-4-2-3-5-16(13)17(22)10-21-19(23)15-8-6-14(7-9-15)18-11-20-12-24-18/h2-9,11-12,17,22H,10H2,1H3,(H,21,23)/t17-/m0/s1. The number of oxazole rings is 1. The molecule has 5 heteroatoms. The molecule has 0 saturated heterocycles. The summed E-state index contributed by atoms with van der Waals surface area (Å²) in [6, 6.07) is 14.6. The van der Waals surface area contributed by atoms with Crippen molar-refractivity contribution in [2.24, 2.45) is 0 Å². The van der Waals surface area contributed by atoms with Crippen molar-refractivity contribution in [2.45, 2.75) is 13.0 Å². The van der Waals surface area contributed by atoms with Gasteiger partial charge in [0.1, 0.15) is 0 Å². The van der Waals surface area contributed by atoms with Crippen molar-refractivity contribution in [3.8, 4) is 11.3 Å². The Morgan fingerprint density at radius 2 is 1.96 bits per heavy atom. The van der Waals surface area contributed by atoms with E-state index in [1.165, 1.54) is 6.39 Å². The van der Waals surface area contributed by atoms with Gasteiger partial charge >= 0.3 is 0 Å². The molecule has 0 bridgehead atoms. The fourth-order valence-electron chi connectivity index (χ4n) is 2.51. The maximum atomic E-state index is 12.2. The highest BCUT2D eigenvalue weighted by molar-refractivity contribution is 5.94. The van der Waals surface area contributed by atoms with Gasteiger partial charge in [0.2, 0.25) is 0 Å². The van der Waals surface area contributed by atoms with Crippen LogP contribution in [0.4, 0.5) is 0 Å². The SMILES string of the molecule is Cc1ccccc1[C@@H](O)CNC(=O)c1ccc(-c2cnco2)cc1. The molecule has 2 N–H and O–H groups in total. The van der Waals surface area contributed by atoms with Gasteiger partial charge in [-0.05, 0) is 30.2 Å². The average Bonchev–Trinajstić information content (AvgIpc) is 3.14. The molecule has 0 spiro atoms. The number of nitrogens with zero attached hydrogens (tertiary/aromatic N) is 1. The summed E-state index contributed by atoms with van der Waals surface area (Å²) in [6.45, 7) is 2.09. The van der Waals surface area contributed by atoms with Crippen LogP contribution in [-0.4, -0.2) is 22.5 Å². The summed E-state index contributed by atoms with van der Waals surface area (Å²) >= 11 is 0. The maximum Gasteiger partial charge on any atom is 0.251 e. The van der Waals surface area contributed by atoms with Crippen molar-refractivity contribution >= 4 is 5.91 Å². The summed E-state index contributed by atoms with van der Waals surface area (Å²) in [5.74, 6) is 0.420. The van der Waals surface area contributed by atoms with E-state index in [1.807, 2.05) is 31.2 Å². The van der Waals surface area contributed by atoms with Crippen molar-refractivity contribution in [1.29, 1.82) is 0 Å². The minimum atomic E-state index is -0.733. The summed E-state index contributed by atoms with van der Waals surface area (Å²) in [6.07, 6.45) is 2.25. The number of aryl methyl sites for hydroxylation is 1. The molecule has 0 unspecified atom stereocenters. The molecule has 0 fully saturated rings. The van der Waals surface area contributed by atoms with Crippen molar-refractivity contribution in [3.05, 3.63) is 77.8 Å². The van der Waals surface area contributed by atoms with Crippen LogP contribution >= 0.6 is 0 Å². The van der Waals surface area contributed by atoms with Crippen molar-refractivity contribution < 1.29 is 14.3 Å². The molecular weight excluding hydrogens is 304 g/mol. The van der Waals surface area contributed by atoms with E-state index >= 15 is 0 Å². The second kappa shape index (κ2) is 7.10. The Bertz CT molecular complexity index is 811. The molecule has 3 rings (SSSR count). The Morgan fingerprint density at radius 3 is 2.62 bits per heavy atom. The summed E-state index contributed by atoms with van der Waals surface area (Å²) in [7, 11) is 0. The molecule has 1 amide bonds. The second-order valence-electron chi connectivity index (χ2n) is 5.53. The second-order valence-corrected chi connectivity index (χ2v) is 5.53. The Morgan fingerprint density at radius 1 is 1.21 bits per heavy atom. The van der Waals surface area contributed by atoms with E-state index in [-0.39, 0.29) is 12.5 Å². The number of hydrogen-bond donors (Lipinski definition) is 2. The Balaban J connectivity index is 1.62. The Kier molecular flexibility index (Phi) is 4.72. The molecule has 0 aliphatic rings. The quantitative estimate of drug-likeness (QED) is 0.757. The van der Waals surface area contributed by atoms with E-state index < -0.39 is 6.10 Å². The highest BCUT2D eigenvalue weighted by atomic mass is 16.3. The van der Waals surface area contributed by atoms with Gasteiger partial charge in [-0.2, -0.15) is 0 Å². The predicted octanol–water partition coefficient (Wildman–Crippen LogP) is 3.11. The minimum absolute atomic E-state index is 0.160. The topological polar surface area (TPSA) is 75.4 Å². The number of nitrogens with one attached hydrogen (secondary N) is 1. The average molecular weight is 322 g/mol. The highest BCUT2D eigenvalue weighted by Crippen LogP contribution is 2.19. The molecule has 0 aliphatic carbocycles. The van der Waals surface area contributed by atoms with E-state index in [9.17, 15) is 9.90 Å². The zero-order valence-electron chi connectivity index (χ0n) is 13.3. The van der Waals surface area contributed by atoms with E-state index in [2.05, 4.69) is 10.3 Å². The Hall–Kier alpha value is -2.92. The minimum Gasteiger partial charge on any atom is -0.444 e. The molecule has 1 atom stereocenters. The van der Waals surface area contributed by atoms with Crippen molar-refractivity contribution in [3.63, 3.8) is 0 Å². The highest BCUT2D eigenvalue weighted by Gasteiger charge is 2.12. The number of aliphatic hydroxyl groups excluding tert-OH is 1. The first kappa shape index (κ1) is 16.0. The van der Waals surface area contributed by atoms with E-state index in [0.717, 1.165) is 16.7 Å². The lowest BCUT2D eigenvalue weighted by molar-refractivity contribution is 0.0916. The van der Waals surface area contributed by atoms with Crippen LogP contribution in [0.5, 0.6) is 0 Å². The van der Waals surface area contributed by atoms with Crippen LogP contribution in [0.25, 0.3) is 11.3 Å². The molecule has 0 radical (unpaired) electrons. The Labute approximate surface area is 140 Å². The number of benzene rings is 2. The predicted molar refractivity (Wildman–Crippen MR) is 90.4 cm³/mol. The third kappa shape index (κ3) is 3.52. The molecule has 3 aromatic rings. The molecule has 1 heterocycles. The van der Waals surface area contributed by atoms with Crippen LogP contribution in [0.3, 0.4) is 0 Å². The summed E-state index contributed by atoms with van der Waals surface area (Å²) < 4.78 is 5.21. The van der Waals surface area contributed by atoms with Gasteiger partial charge in [-0.3, -0.25) is 4.79 Å². The monoisotopic (exact) mass is 322 g/mol. The lowest BCUT2D eigenvalue weighted by Crippen LogP contribution is -2.28. The molecule has 5 nitrogen and oxygen atoms in total. The van der Waals surface area contributed by atoms with Crippen molar-refractivity contribution in [1.82, 2.24) is 10.3 Å². The van der Waals surface area contributed by atoms with Crippen LogP contribution in [0.2, 0.25) is 0 Å². The first-order valence-corrected chi connectivity index (χ1v) is 7.66. The van der Waals surface area contributed by atoms with Gasteiger partial charge < -0.3 is 14.8 Å². The van der Waals surface area contributed by atoms with Gasteiger partial charge in [-0.15, -0.1) is 0 Å². The molecule has 2 aromatic carbocycles. The number of aliphatic hydroxyl groups is 1. The van der Waals surface area contributed by atoms with Crippen LogP contribution in [0.1, 0.15) is 27.6 Å². The normalized spacial score (nSPS) is 11.9. The first-order chi connectivity index (χ1) is 11.6. The first-order valence-electron chi connectivity index (χ1n) is 7.66. The van der Waals surface area contributed by atoms with Gasteiger partial charge in [0.05, 0.1) is 12.3 Å². The maximum absolute atomic E-state index is 12.2. The molecule has 0 aliphatic heterocycles. The number of aromatic nitrogens is 1. The summed E-state index contributed by atoms with van der Waals surface area (Å²) in [5.41, 5.74) is 3.19. The fraction of sp³-hybridized carbons (Fsp3) is 0.158. The van der Waals surface area contributed by atoms with Gasteiger partial charge in [0, 0.05) is 17.7 Å². The smallest absolute Gasteiger partial charge is 0.251 e. The van der Waals surface area contributed by atoms with E-state index in [0.29, 0.717) is 11.3 Å².